The van der Waals surface area contributed by atoms with E-state index in [9.17, 15) is 9.59 Å². The Morgan fingerprint density at radius 3 is 2.44 bits per heavy atom. The number of carbonyl (C=O) groups excluding carboxylic acids is 1. The highest BCUT2D eigenvalue weighted by molar-refractivity contribution is 7.14. The van der Waals surface area contributed by atoms with Crippen molar-refractivity contribution in [3.8, 4) is 11.3 Å². The van der Waals surface area contributed by atoms with E-state index >= 15 is 0 Å². The molecular formula is C19H25N5O2S. The number of hydrogen-bond acceptors (Lipinski definition) is 4. The zero-order valence-corrected chi connectivity index (χ0v) is 16.9. The van der Waals surface area contributed by atoms with Gasteiger partial charge in [0.05, 0.1) is 16.7 Å². The van der Waals surface area contributed by atoms with Gasteiger partial charge in [0.25, 0.3) is 0 Å². The topological polar surface area (TPSA) is 81.0 Å². The second-order valence-corrected chi connectivity index (χ2v) is 7.20. The Kier molecular flexibility index (Phi) is 5.65. The molecule has 2 aromatic heterocycles. The molecule has 0 spiro atoms. The van der Waals surface area contributed by atoms with Gasteiger partial charge in [0.2, 0.25) is 0 Å². The molecule has 0 aliphatic carbocycles. The van der Waals surface area contributed by atoms with Crippen LogP contribution in [0.4, 0.5) is 9.93 Å². The Balaban J connectivity index is 1.99. The van der Waals surface area contributed by atoms with Crippen LogP contribution in [-0.4, -0.2) is 26.7 Å². The summed E-state index contributed by atoms with van der Waals surface area (Å²) < 4.78 is 3.58. The Labute approximate surface area is 162 Å². The number of urea groups is 1. The summed E-state index contributed by atoms with van der Waals surface area (Å²) in [4.78, 5) is 29.0. The molecule has 2 N–H and O–H groups in total. The number of nitrogens with zero attached hydrogens (tertiary/aromatic N) is 3. The fourth-order valence-electron chi connectivity index (χ4n) is 3.19. The van der Waals surface area contributed by atoms with Crippen LogP contribution in [0.1, 0.15) is 32.8 Å². The smallest absolute Gasteiger partial charge is 0.329 e. The quantitative estimate of drug-likeness (QED) is 0.675. The number of thiazole rings is 1. The molecule has 0 fully saturated rings. The van der Waals surface area contributed by atoms with Crippen LogP contribution in [0.15, 0.2) is 22.3 Å². The number of amides is 2. The number of imidazole rings is 1. The van der Waals surface area contributed by atoms with E-state index in [2.05, 4.69) is 15.6 Å². The number of aryl methyl sites for hydroxylation is 3. The minimum absolute atomic E-state index is 0.0137. The lowest BCUT2D eigenvalue weighted by molar-refractivity contribution is 0.252. The first kappa shape index (κ1) is 19.2. The van der Waals surface area contributed by atoms with E-state index in [0.29, 0.717) is 24.8 Å². The number of benzene rings is 1. The van der Waals surface area contributed by atoms with E-state index < -0.39 is 0 Å². The number of aromatic nitrogens is 3. The fourth-order valence-corrected chi connectivity index (χ4v) is 3.89. The maximum atomic E-state index is 12.6. The fraction of sp³-hybridized carbons (Fsp3) is 0.421. The summed E-state index contributed by atoms with van der Waals surface area (Å²) >= 11 is 1.39. The van der Waals surface area contributed by atoms with Crippen molar-refractivity contribution in [2.75, 3.05) is 11.9 Å². The minimum atomic E-state index is -0.246. The van der Waals surface area contributed by atoms with Crippen molar-refractivity contribution in [2.24, 2.45) is 0 Å². The molecule has 2 heterocycles. The van der Waals surface area contributed by atoms with Crippen LogP contribution in [-0.2, 0) is 13.1 Å². The summed E-state index contributed by atoms with van der Waals surface area (Å²) in [5, 5.41) is 8.02. The van der Waals surface area contributed by atoms with Crippen molar-refractivity contribution in [1.29, 1.82) is 0 Å². The average molecular weight is 388 g/mol. The summed E-state index contributed by atoms with van der Waals surface area (Å²) in [5.74, 6) is 0. The molecule has 0 bridgehead atoms. The first-order chi connectivity index (χ1) is 13.0. The van der Waals surface area contributed by atoms with Crippen LogP contribution >= 0.6 is 11.3 Å². The Morgan fingerprint density at radius 2 is 1.81 bits per heavy atom. The first-order valence-electron chi connectivity index (χ1n) is 9.24. The van der Waals surface area contributed by atoms with E-state index in [4.69, 9.17) is 0 Å². The van der Waals surface area contributed by atoms with Gasteiger partial charge in [-0.2, -0.15) is 0 Å². The summed E-state index contributed by atoms with van der Waals surface area (Å²) in [6.45, 7) is 9.85. The standard InChI is InChI=1S/C19H25N5O2S/c1-5-8-20-17(25)22-18-21-14(11-27-18)13-10-16-15(9-12(13)4)23(6-2)19(26)24(16)7-3/h9-11H,5-8H2,1-4H3,(H2,20,21,22,25). The summed E-state index contributed by atoms with van der Waals surface area (Å²) in [6, 6.07) is 3.82. The number of anilines is 1. The van der Waals surface area contributed by atoms with Crippen LogP contribution in [0.2, 0.25) is 0 Å². The van der Waals surface area contributed by atoms with Gasteiger partial charge in [-0.15, -0.1) is 11.3 Å². The van der Waals surface area contributed by atoms with Gasteiger partial charge in [-0.1, -0.05) is 6.92 Å². The molecule has 0 atom stereocenters. The van der Waals surface area contributed by atoms with Crippen LogP contribution in [0.3, 0.4) is 0 Å². The van der Waals surface area contributed by atoms with E-state index in [0.717, 1.165) is 34.3 Å². The average Bonchev–Trinajstić information content (AvgIpc) is 3.20. The van der Waals surface area contributed by atoms with Gasteiger partial charge in [0, 0.05) is 30.6 Å². The van der Waals surface area contributed by atoms with Crippen molar-refractivity contribution in [2.45, 2.75) is 47.2 Å². The largest absolute Gasteiger partial charge is 0.338 e. The van der Waals surface area contributed by atoms with E-state index in [1.54, 1.807) is 9.13 Å². The molecule has 0 radical (unpaired) electrons. The van der Waals surface area contributed by atoms with E-state index in [1.807, 2.05) is 45.2 Å². The van der Waals surface area contributed by atoms with Crippen LogP contribution in [0.5, 0.6) is 0 Å². The molecule has 2 amide bonds. The monoisotopic (exact) mass is 387 g/mol. The predicted molar refractivity (Wildman–Crippen MR) is 111 cm³/mol. The van der Waals surface area contributed by atoms with Crippen molar-refractivity contribution >= 4 is 33.5 Å². The highest BCUT2D eigenvalue weighted by atomic mass is 32.1. The lowest BCUT2D eigenvalue weighted by Crippen LogP contribution is -2.29. The molecule has 144 valence electrons. The molecule has 7 nitrogen and oxygen atoms in total. The van der Waals surface area contributed by atoms with Crippen molar-refractivity contribution < 1.29 is 4.79 Å². The van der Waals surface area contributed by atoms with Gasteiger partial charge in [0.15, 0.2) is 5.13 Å². The van der Waals surface area contributed by atoms with Gasteiger partial charge in [0.1, 0.15) is 0 Å². The highest BCUT2D eigenvalue weighted by Gasteiger charge is 2.16. The molecule has 3 aromatic rings. The normalized spacial score (nSPS) is 11.1. The van der Waals surface area contributed by atoms with Crippen LogP contribution in [0.25, 0.3) is 22.3 Å². The number of nitrogens with one attached hydrogen (secondary N) is 2. The number of hydrogen-bond donors (Lipinski definition) is 2. The molecular weight excluding hydrogens is 362 g/mol. The summed E-state index contributed by atoms with van der Waals surface area (Å²) in [7, 11) is 0. The first-order valence-corrected chi connectivity index (χ1v) is 10.1. The number of carbonyl (C=O) groups is 1. The molecule has 0 unspecified atom stereocenters. The molecule has 3 rings (SSSR count). The third kappa shape index (κ3) is 3.62. The third-order valence-electron chi connectivity index (χ3n) is 4.53. The molecule has 1 aromatic carbocycles. The summed E-state index contributed by atoms with van der Waals surface area (Å²) in [5.41, 5.74) is 4.68. The lowest BCUT2D eigenvalue weighted by atomic mass is 10.1. The summed E-state index contributed by atoms with van der Waals surface area (Å²) in [6.07, 6.45) is 0.881. The molecule has 0 aliphatic heterocycles. The van der Waals surface area contributed by atoms with E-state index in [1.165, 1.54) is 11.3 Å². The van der Waals surface area contributed by atoms with Gasteiger partial charge in [-0.25, -0.2) is 14.6 Å². The maximum absolute atomic E-state index is 12.6. The zero-order chi connectivity index (χ0) is 19.6. The minimum Gasteiger partial charge on any atom is -0.338 e. The molecule has 8 heteroatoms. The van der Waals surface area contributed by atoms with E-state index in [-0.39, 0.29) is 11.7 Å². The van der Waals surface area contributed by atoms with Crippen molar-refractivity contribution in [3.05, 3.63) is 33.6 Å². The Hall–Kier alpha value is -2.61. The third-order valence-corrected chi connectivity index (χ3v) is 5.29. The van der Waals surface area contributed by atoms with Crippen LogP contribution < -0.4 is 16.3 Å². The SMILES string of the molecule is CCCNC(=O)Nc1nc(-c2cc3c(cc2C)n(CC)c(=O)n3CC)cs1. The van der Waals surface area contributed by atoms with Gasteiger partial charge < -0.3 is 5.32 Å². The van der Waals surface area contributed by atoms with Gasteiger partial charge in [-0.3, -0.25) is 14.5 Å². The second-order valence-electron chi connectivity index (χ2n) is 6.35. The lowest BCUT2D eigenvalue weighted by Gasteiger charge is -2.06. The number of fused-ring (bicyclic) bond motifs is 1. The van der Waals surface area contributed by atoms with Gasteiger partial charge >= 0.3 is 11.7 Å². The zero-order valence-electron chi connectivity index (χ0n) is 16.1. The molecule has 27 heavy (non-hydrogen) atoms. The Morgan fingerprint density at radius 1 is 1.15 bits per heavy atom. The second kappa shape index (κ2) is 7.96. The molecule has 0 saturated heterocycles. The maximum Gasteiger partial charge on any atom is 0.329 e. The van der Waals surface area contributed by atoms with Gasteiger partial charge in [-0.05, 0) is 44.9 Å². The predicted octanol–water partition coefficient (Wildman–Crippen LogP) is 3.81. The molecule has 0 saturated carbocycles. The highest BCUT2D eigenvalue weighted by Crippen LogP contribution is 2.30. The van der Waals surface area contributed by atoms with Crippen molar-refractivity contribution in [1.82, 2.24) is 19.4 Å². The number of rotatable bonds is 6. The molecule has 0 aliphatic rings. The van der Waals surface area contributed by atoms with Crippen LogP contribution in [0, 0.1) is 6.92 Å². The Bertz CT molecular complexity index is 1030. The van der Waals surface area contributed by atoms with Crippen molar-refractivity contribution in [3.63, 3.8) is 0 Å².